The van der Waals surface area contributed by atoms with Gasteiger partial charge in [0.1, 0.15) is 0 Å². The first-order valence-electron chi connectivity index (χ1n) is 4.85. The van der Waals surface area contributed by atoms with Crippen LogP contribution in [-0.2, 0) is 4.79 Å². The number of hydrogen-bond acceptors (Lipinski definition) is 2. The summed E-state index contributed by atoms with van der Waals surface area (Å²) < 4.78 is 36.1. The van der Waals surface area contributed by atoms with E-state index >= 15 is 0 Å². The first-order chi connectivity index (χ1) is 6.75. The molecule has 1 fully saturated rings. The van der Waals surface area contributed by atoms with Crippen molar-refractivity contribution >= 4 is 18.3 Å². The molecule has 16 heavy (non-hydrogen) atoms. The third-order valence-corrected chi connectivity index (χ3v) is 2.89. The van der Waals surface area contributed by atoms with E-state index in [-0.39, 0.29) is 24.4 Å². The fourth-order valence-corrected chi connectivity index (χ4v) is 1.52. The molecule has 0 saturated heterocycles. The third kappa shape index (κ3) is 3.83. The molecular formula is C9H16ClF3N2O. The van der Waals surface area contributed by atoms with Gasteiger partial charge in [-0.2, -0.15) is 13.2 Å². The van der Waals surface area contributed by atoms with Gasteiger partial charge in [-0.1, -0.05) is 13.3 Å². The molecule has 3 N–H and O–H groups in total. The fraction of sp³-hybridized carbons (Fsp3) is 0.889. The Kier molecular flexibility index (Phi) is 5.07. The van der Waals surface area contributed by atoms with Gasteiger partial charge in [-0.3, -0.25) is 4.79 Å². The molecule has 0 radical (unpaired) electrons. The van der Waals surface area contributed by atoms with Crippen LogP contribution in [0.4, 0.5) is 13.2 Å². The molecule has 7 heteroatoms. The SMILES string of the molecule is CC1(CNC(=O)C(N)C(F)(F)F)CCC1.Cl. The molecule has 0 aromatic rings. The topological polar surface area (TPSA) is 55.1 Å². The maximum atomic E-state index is 12.0. The Morgan fingerprint density at radius 3 is 2.31 bits per heavy atom. The number of carbonyl (C=O) groups is 1. The van der Waals surface area contributed by atoms with Crippen molar-refractivity contribution in [2.45, 2.75) is 38.4 Å². The molecule has 0 aliphatic heterocycles. The average molecular weight is 261 g/mol. The van der Waals surface area contributed by atoms with E-state index in [2.05, 4.69) is 5.32 Å². The largest absolute Gasteiger partial charge is 0.412 e. The molecule has 0 aromatic heterocycles. The minimum Gasteiger partial charge on any atom is -0.354 e. The zero-order valence-corrected chi connectivity index (χ0v) is 9.75. The molecule has 0 bridgehead atoms. The summed E-state index contributed by atoms with van der Waals surface area (Å²) in [6.45, 7) is 2.21. The van der Waals surface area contributed by atoms with E-state index in [4.69, 9.17) is 5.73 Å². The van der Waals surface area contributed by atoms with Crippen LogP contribution in [0.2, 0.25) is 0 Å². The minimum atomic E-state index is -4.66. The quantitative estimate of drug-likeness (QED) is 0.810. The lowest BCUT2D eigenvalue weighted by atomic mass is 9.70. The normalized spacial score (nSPS) is 20.3. The van der Waals surface area contributed by atoms with Crippen molar-refractivity contribution < 1.29 is 18.0 Å². The number of nitrogens with one attached hydrogen (secondary N) is 1. The third-order valence-electron chi connectivity index (χ3n) is 2.89. The van der Waals surface area contributed by atoms with E-state index in [0.29, 0.717) is 0 Å². The summed E-state index contributed by atoms with van der Waals surface area (Å²) in [6.07, 6.45) is -1.72. The Hall–Kier alpha value is -0.490. The minimum absolute atomic E-state index is 0. The van der Waals surface area contributed by atoms with E-state index in [0.717, 1.165) is 19.3 Å². The summed E-state index contributed by atoms with van der Waals surface area (Å²) in [5, 5.41) is 2.25. The fourth-order valence-electron chi connectivity index (χ4n) is 1.52. The highest BCUT2D eigenvalue weighted by molar-refractivity contribution is 5.85. The van der Waals surface area contributed by atoms with Gasteiger partial charge in [0.15, 0.2) is 6.04 Å². The molecule has 1 saturated carbocycles. The second-order valence-corrected chi connectivity index (χ2v) is 4.40. The first-order valence-corrected chi connectivity index (χ1v) is 4.85. The van der Waals surface area contributed by atoms with Crippen LogP contribution in [0.5, 0.6) is 0 Å². The molecule has 0 heterocycles. The van der Waals surface area contributed by atoms with Crippen molar-refractivity contribution in [2.75, 3.05) is 6.54 Å². The lowest BCUT2D eigenvalue weighted by Crippen LogP contribution is -2.52. The Labute approximate surface area is 98.4 Å². The number of amides is 1. The molecule has 1 amide bonds. The Morgan fingerprint density at radius 1 is 1.50 bits per heavy atom. The standard InChI is InChI=1S/C9H15F3N2O.ClH/c1-8(3-2-4-8)5-14-7(15)6(13)9(10,11)12;/h6H,2-5,13H2,1H3,(H,14,15);1H. The Bertz CT molecular complexity index is 254. The summed E-state index contributed by atoms with van der Waals surface area (Å²) in [5.74, 6) is -1.14. The summed E-state index contributed by atoms with van der Waals surface area (Å²) in [4.78, 5) is 11.0. The van der Waals surface area contributed by atoms with Gasteiger partial charge in [-0.25, -0.2) is 0 Å². The van der Waals surface area contributed by atoms with Crippen LogP contribution in [0, 0.1) is 5.41 Å². The summed E-state index contributed by atoms with van der Waals surface area (Å²) in [5.41, 5.74) is 4.71. The van der Waals surface area contributed by atoms with E-state index in [1.807, 2.05) is 6.92 Å². The highest BCUT2D eigenvalue weighted by Crippen LogP contribution is 2.39. The molecule has 1 unspecified atom stereocenters. The second kappa shape index (κ2) is 5.23. The predicted octanol–water partition coefficient (Wildman–Crippen LogP) is 1.60. The number of halogens is 4. The van der Waals surface area contributed by atoms with Crippen LogP contribution in [-0.4, -0.2) is 24.7 Å². The van der Waals surface area contributed by atoms with E-state index in [9.17, 15) is 18.0 Å². The zero-order chi connectivity index (χ0) is 11.7. The summed E-state index contributed by atoms with van der Waals surface area (Å²) in [7, 11) is 0. The highest BCUT2D eigenvalue weighted by atomic mass is 35.5. The van der Waals surface area contributed by atoms with Crippen molar-refractivity contribution in [3.8, 4) is 0 Å². The van der Waals surface area contributed by atoms with Crippen LogP contribution >= 0.6 is 12.4 Å². The number of alkyl halides is 3. The molecule has 0 spiro atoms. The van der Waals surface area contributed by atoms with Crippen molar-refractivity contribution in [2.24, 2.45) is 11.1 Å². The molecule has 3 nitrogen and oxygen atoms in total. The van der Waals surface area contributed by atoms with Crippen molar-refractivity contribution in [3.63, 3.8) is 0 Å². The summed E-state index contributed by atoms with van der Waals surface area (Å²) in [6, 6.07) is -2.42. The molecular weight excluding hydrogens is 245 g/mol. The van der Waals surface area contributed by atoms with E-state index in [1.165, 1.54) is 0 Å². The van der Waals surface area contributed by atoms with E-state index < -0.39 is 18.1 Å². The molecule has 96 valence electrons. The lowest BCUT2D eigenvalue weighted by molar-refractivity contribution is -0.163. The van der Waals surface area contributed by atoms with Crippen molar-refractivity contribution in [1.29, 1.82) is 0 Å². The maximum Gasteiger partial charge on any atom is 0.412 e. The number of nitrogens with two attached hydrogens (primary N) is 1. The van der Waals surface area contributed by atoms with Gasteiger partial charge in [0.25, 0.3) is 0 Å². The molecule has 1 atom stereocenters. The van der Waals surface area contributed by atoms with Gasteiger partial charge in [-0.15, -0.1) is 12.4 Å². The molecule has 1 rings (SSSR count). The number of carbonyl (C=O) groups excluding carboxylic acids is 1. The zero-order valence-electron chi connectivity index (χ0n) is 8.93. The van der Waals surface area contributed by atoms with Crippen LogP contribution in [0.15, 0.2) is 0 Å². The molecule has 0 aromatic carbocycles. The lowest BCUT2D eigenvalue weighted by Gasteiger charge is -2.38. The molecule has 1 aliphatic carbocycles. The highest BCUT2D eigenvalue weighted by Gasteiger charge is 2.42. The van der Waals surface area contributed by atoms with Gasteiger partial charge in [-0.05, 0) is 18.3 Å². The smallest absolute Gasteiger partial charge is 0.354 e. The maximum absolute atomic E-state index is 12.0. The number of hydrogen-bond donors (Lipinski definition) is 2. The van der Waals surface area contributed by atoms with Crippen LogP contribution < -0.4 is 11.1 Å². The molecule has 1 aliphatic rings. The van der Waals surface area contributed by atoms with Crippen LogP contribution in [0.25, 0.3) is 0 Å². The van der Waals surface area contributed by atoms with Gasteiger partial charge < -0.3 is 11.1 Å². The van der Waals surface area contributed by atoms with Gasteiger partial charge in [0.05, 0.1) is 0 Å². The van der Waals surface area contributed by atoms with Crippen molar-refractivity contribution in [1.82, 2.24) is 5.32 Å². The monoisotopic (exact) mass is 260 g/mol. The van der Waals surface area contributed by atoms with E-state index in [1.54, 1.807) is 0 Å². The van der Waals surface area contributed by atoms with Gasteiger partial charge in [0, 0.05) is 6.54 Å². The van der Waals surface area contributed by atoms with Crippen LogP contribution in [0.1, 0.15) is 26.2 Å². The average Bonchev–Trinajstić information content (AvgIpc) is 2.08. The predicted molar refractivity (Wildman–Crippen MR) is 56.2 cm³/mol. The number of rotatable bonds is 3. The Balaban J connectivity index is 0.00000225. The van der Waals surface area contributed by atoms with Crippen molar-refractivity contribution in [3.05, 3.63) is 0 Å². The Morgan fingerprint density at radius 2 is 2.00 bits per heavy atom. The second-order valence-electron chi connectivity index (χ2n) is 4.40. The first kappa shape index (κ1) is 15.5. The van der Waals surface area contributed by atoms with Gasteiger partial charge in [0.2, 0.25) is 5.91 Å². The van der Waals surface area contributed by atoms with Crippen LogP contribution in [0.3, 0.4) is 0 Å². The summed E-state index contributed by atoms with van der Waals surface area (Å²) >= 11 is 0. The van der Waals surface area contributed by atoms with Gasteiger partial charge >= 0.3 is 6.18 Å².